The molecule has 0 amide bonds. The maximum Gasteiger partial charge on any atom is 0.472 e. The molecule has 0 spiro atoms. The van der Waals surface area contributed by atoms with Gasteiger partial charge in [-0.2, -0.15) is 0 Å². The fourth-order valence-electron chi connectivity index (χ4n) is 5.24. The van der Waals surface area contributed by atoms with Crippen LogP contribution in [0.3, 0.4) is 0 Å². The lowest BCUT2D eigenvalue weighted by Crippen LogP contribution is -2.37. The largest absolute Gasteiger partial charge is 0.472 e. The molecule has 10 heteroatoms. The quantitative estimate of drug-likeness (QED) is 0.0223. The Morgan fingerprint density at radius 1 is 0.600 bits per heavy atom. The number of carbonyl (C=O) groups is 2. The lowest BCUT2D eigenvalue weighted by molar-refractivity contribution is -0.870. The van der Waals surface area contributed by atoms with E-state index >= 15 is 0 Å². The average molecular weight is 731 g/mol. The van der Waals surface area contributed by atoms with E-state index in [4.69, 9.17) is 18.5 Å². The molecular weight excluding hydrogens is 653 g/mol. The minimum absolute atomic E-state index is 0.0296. The summed E-state index contributed by atoms with van der Waals surface area (Å²) >= 11 is 0. The van der Waals surface area contributed by atoms with Gasteiger partial charge in [0.2, 0.25) is 0 Å². The molecule has 0 aliphatic rings. The first-order valence-corrected chi connectivity index (χ1v) is 21.6. The van der Waals surface area contributed by atoms with Gasteiger partial charge in [0.15, 0.2) is 6.10 Å². The van der Waals surface area contributed by atoms with Gasteiger partial charge in [-0.25, -0.2) is 4.57 Å². The molecule has 0 fully saturated rings. The summed E-state index contributed by atoms with van der Waals surface area (Å²) < 4.78 is 34.2. The fourth-order valence-corrected chi connectivity index (χ4v) is 5.98. The molecule has 0 aromatic carbocycles. The molecule has 0 rings (SSSR count). The summed E-state index contributed by atoms with van der Waals surface area (Å²) in [5, 5.41) is 0. The molecule has 9 nitrogen and oxygen atoms in total. The molecule has 2 atom stereocenters. The van der Waals surface area contributed by atoms with E-state index in [1.165, 1.54) is 64.2 Å². The number of quaternary nitrogens is 1. The normalized spacial score (nSPS) is 14.0. The van der Waals surface area contributed by atoms with Crippen molar-refractivity contribution in [2.75, 3.05) is 47.5 Å². The van der Waals surface area contributed by atoms with E-state index in [1.807, 2.05) is 21.1 Å². The standard InChI is InChI=1S/C40H76NO8P/c1-6-8-10-12-14-16-18-20-22-24-26-28-30-32-39(42)46-36-38(37-48-50(44,45)47-35-34-41(3,4)5)49-40(43)33-31-29-27-25-23-21-19-17-15-13-11-9-7-2/h16-19,38H,6-15,20-37H2,1-5H3/p+1. The van der Waals surface area contributed by atoms with Crippen LogP contribution in [0.1, 0.15) is 168 Å². The highest BCUT2D eigenvalue weighted by atomic mass is 31.2. The Morgan fingerprint density at radius 2 is 1.02 bits per heavy atom. The fraction of sp³-hybridized carbons (Fsp3) is 0.850. The summed E-state index contributed by atoms with van der Waals surface area (Å²) in [5.41, 5.74) is 0. The van der Waals surface area contributed by atoms with Crippen LogP contribution in [0.15, 0.2) is 24.3 Å². The second kappa shape index (κ2) is 33.3. The molecule has 50 heavy (non-hydrogen) atoms. The zero-order chi connectivity index (χ0) is 37.2. The molecule has 294 valence electrons. The molecule has 0 aromatic heterocycles. The summed E-state index contributed by atoms with van der Waals surface area (Å²) in [6.07, 6.45) is 33.6. The van der Waals surface area contributed by atoms with Gasteiger partial charge in [0.1, 0.15) is 19.8 Å². The van der Waals surface area contributed by atoms with Crippen LogP contribution in [0.5, 0.6) is 0 Å². The second-order valence-electron chi connectivity index (χ2n) is 14.7. The van der Waals surface area contributed by atoms with Gasteiger partial charge in [0.05, 0.1) is 27.7 Å². The van der Waals surface area contributed by atoms with E-state index < -0.39 is 26.5 Å². The lowest BCUT2D eigenvalue weighted by atomic mass is 10.1. The Hall–Kier alpha value is -1.51. The van der Waals surface area contributed by atoms with Gasteiger partial charge >= 0.3 is 19.8 Å². The van der Waals surface area contributed by atoms with Crippen LogP contribution < -0.4 is 0 Å². The van der Waals surface area contributed by atoms with Gasteiger partial charge in [-0.15, -0.1) is 0 Å². The van der Waals surface area contributed by atoms with Crippen molar-refractivity contribution in [2.45, 2.75) is 174 Å². The molecule has 0 saturated carbocycles. The predicted molar refractivity (Wildman–Crippen MR) is 206 cm³/mol. The van der Waals surface area contributed by atoms with Gasteiger partial charge in [-0.1, -0.05) is 115 Å². The van der Waals surface area contributed by atoms with Crippen molar-refractivity contribution in [2.24, 2.45) is 0 Å². The Kier molecular flexibility index (Phi) is 32.3. The molecular formula is C40H77NO8P+. The number of unbranched alkanes of at least 4 members (excludes halogenated alkanes) is 18. The highest BCUT2D eigenvalue weighted by molar-refractivity contribution is 7.47. The van der Waals surface area contributed by atoms with E-state index in [0.717, 1.165) is 70.6 Å². The summed E-state index contributed by atoms with van der Waals surface area (Å²) in [7, 11) is 1.47. The molecule has 0 bridgehead atoms. The van der Waals surface area contributed by atoms with E-state index in [2.05, 4.69) is 38.2 Å². The smallest absolute Gasteiger partial charge is 0.462 e. The van der Waals surface area contributed by atoms with Gasteiger partial charge in [0, 0.05) is 12.8 Å². The van der Waals surface area contributed by atoms with E-state index in [-0.39, 0.29) is 32.0 Å². The monoisotopic (exact) mass is 731 g/mol. The third-order valence-electron chi connectivity index (χ3n) is 8.45. The predicted octanol–water partition coefficient (Wildman–Crippen LogP) is 10.8. The second-order valence-corrected chi connectivity index (χ2v) is 16.1. The van der Waals surface area contributed by atoms with Crippen molar-refractivity contribution in [3.63, 3.8) is 0 Å². The first-order chi connectivity index (χ1) is 24.0. The number of allylic oxidation sites excluding steroid dienone is 4. The minimum atomic E-state index is -4.37. The first-order valence-electron chi connectivity index (χ1n) is 20.1. The minimum Gasteiger partial charge on any atom is -0.462 e. The van der Waals surface area contributed by atoms with Crippen LogP contribution in [0.4, 0.5) is 0 Å². The molecule has 0 radical (unpaired) electrons. The summed E-state index contributed by atoms with van der Waals surface area (Å²) in [5.74, 6) is -0.819. The lowest BCUT2D eigenvalue weighted by Gasteiger charge is -2.24. The maximum absolute atomic E-state index is 12.6. The molecule has 0 aliphatic carbocycles. The first kappa shape index (κ1) is 48.5. The number of carbonyl (C=O) groups excluding carboxylic acids is 2. The molecule has 1 N–H and O–H groups in total. The third-order valence-corrected chi connectivity index (χ3v) is 9.44. The topological polar surface area (TPSA) is 108 Å². The van der Waals surface area contributed by atoms with E-state index in [9.17, 15) is 19.0 Å². The van der Waals surface area contributed by atoms with Crippen LogP contribution in [-0.4, -0.2) is 74.9 Å². The third kappa shape index (κ3) is 36.3. The number of phosphoric acid groups is 1. The van der Waals surface area contributed by atoms with Crippen molar-refractivity contribution in [3.8, 4) is 0 Å². The number of likely N-dealkylation sites (N-methyl/N-ethyl adjacent to an activating group) is 1. The van der Waals surface area contributed by atoms with Crippen LogP contribution >= 0.6 is 7.82 Å². The van der Waals surface area contributed by atoms with Crippen LogP contribution in [0.25, 0.3) is 0 Å². The van der Waals surface area contributed by atoms with Gasteiger partial charge in [0.25, 0.3) is 0 Å². The maximum atomic E-state index is 12.6. The Balaban J connectivity index is 4.44. The van der Waals surface area contributed by atoms with Crippen LogP contribution in [0.2, 0.25) is 0 Å². The summed E-state index contributed by atoms with van der Waals surface area (Å²) in [4.78, 5) is 35.2. The number of ether oxygens (including phenoxy) is 2. The average Bonchev–Trinajstić information content (AvgIpc) is 3.06. The van der Waals surface area contributed by atoms with E-state index in [0.29, 0.717) is 17.4 Å². The van der Waals surface area contributed by atoms with Crippen LogP contribution in [0, 0.1) is 0 Å². The highest BCUT2D eigenvalue weighted by Crippen LogP contribution is 2.43. The Bertz CT molecular complexity index is 918. The van der Waals surface area contributed by atoms with Gasteiger partial charge in [-0.05, 0) is 64.2 Å². The zero-order valence-corrected chi connectivity index (χ0v) is 33.8. The zero-order valence-electron chi connectivity index (χ0n) is 32.9. The summed E-state index contributed by atoms with van der Waals surface area (Å²) in [6.45, 7) is 4.36. The SMILES string of the molecule is CCCCCCC=CCCCCCCCC(=O)OCC(COP(=O)(O)OCC[N+](C)(C)C)OC(=O)CCCCCCCC=CCCCCCC. The molecule has 0 aromatic rings. The number of nitrogens with zero attached hydrogens (tertiary/aromatic N) is 1. The van der Waals surface area contributed by atoms with Crippen LogP contribution in [-0.2, 0) is 32.7 Å². The summed E-state index contributed by atoms with van der Waals surface area (Å²) in [6, 6.07) is 0. The van der Waals surface area contributed by atoms with E-state index in [1.54, 1.807) is 0 Å². The highest BCUT2D eigenvalue weighted by Gasteiger charge is 2.27. The van der Waals surface area contributed by atoms with Gasteiger partial charge in [-0.3, -0.25) is 18.6 Å². The Labute approximate surface area is 307 Å². The van der Waals surface area contributed by atoms with Crippen molar-refractivity contribution in [1.29, 1.82) is 0 Å². The Morgan fingerprint density at radius 3 is 1.48 bits per heavy atom. The molecule has 0 saturated heterocycles. The number of rotatable bonds is 36. The van der Waals surface area contributed by atoms with Gasteiger partial charge < -0.3 is 18.9 Å². The van der Waals surface area contributed by atoms with Crippen molar-refractivity contribution < 1.29 is 42.1 Å². The number of phosphoric ester groups is 1. The number of hydrogen-bond acceptors (Lipinski definition) is 7. The van der Waals surface area contributed by atoms with Crippen molar-refractivity contribution >= 4 is 19.8 Å². The molecule has 2 unspecified atom stereocenters. The number of esters is 2. The molecule has 0 heterocycles. The molecule has 0 aliphatic heterocycles. The number of hydrogen-bond donors (Lipinski definition) is 1. The van der Waals surface area contributed by atoms with Crippen molar-refractivity contribution in [3.05, 3.63) is 24.3 Å². The van der Waals surface area contributed by atoms with Crippen molar-refractivity contribution in [1.82, 2.24) is 0 Å².